The largest absolute Gasteiger partial charge is 0.393 e. The molecular formula is C22H31N5O4S. The molecule has 4 N–H and O–H groups in total. The van der Waals surface area contributed by atoms with Crippen molar-refractivity contribution in [2.75, 3.05) is 23.4 Å². The number of hydrogen-bond acceptors (Lipinski definition) is 8. The number of aryl methyl sites for hydroxylation is 1. The Morgan fingerprint density at radius 3 is 2.84 bits per heavy atom. The lowest BCUT2D eigenvalue weighted by Crippen LogP contribution is -2.32. The fourth-order valence-electron chi connectivity index (χ4n) is 5.26. The molecule has 2 aliphatic carbocycles. The van der Waals surface area contributed by atoms with E-state index in [0.717, 1.165) is 43.0 Å². The fraction of sp³-hybridized carbons (Fsp3) is 0.545. The summed E-state index contributed by atoms with van der Waals surface area (Å²) in [5.41, 5.74) is 3.83. The van der Waals surface area contributed by atoms with Crippen molar-refractivity contribution in [3.63, 3.8) is 0 Å². The van der Waals surface area contributed by atoms with E-state index in [-0.39, 0.29) is 32.0 Å². The average molecular weight is 462 g/mol. The Labute approximate surface area is 189 Å². The number of benzene rings is 1. The molecule has 1 aliphatic heterocycles. The number of aliphatic hydroxyl groups is 1. The molecule has 0 amide bonds. The number of rotatable bonds is 6. The van der Waals surface area contributed by atoms with Crippen LogP contribution >= 0.6 is 0 Å². The topological polar surface area (TPSA) is 131 Å². The van der Waals surface area contributed by atoms with Gasteiger partial charge in [-0.3, -0.25) is 4.18 Å². The molecule has 1 saturated carbocycles. The minimum atomic E-state index is -4.01. The second-order valence-electron chi connectivity index (χ2n) is 8.63. The van der Waals surface area contributed by atoms with Gasteiger partial charge in [0.2, 0.25) is 0 Å². The quantitative estimate of drug-likeness (QED) is 0.595. The fourth-order valence-corrected chi connectivity index (χ4v) is 5.63. The van der Waals surface area contributed by atoms with Crippen molar-refractivity contribution in [1.82, 2.24) is 9.97 Å². The van der Waals surface area contributed by atoms with Crippen LogP contribution in [0.25, 0.3) is 0 Å². The van der Waals surface area contributed by atoms with Gasteiger partial charge in [0.25, 0.3) is 0 Å². The maximum Gasteiger partial charge on any atom is 0.333 e. The SMILES string of the molecule is C.NS(=O)(=O)OC[C@@H]1C[C@@H](N2CCc3c(N[C@H]4CCc5ccccc54)ncnc32)C[C@@H]1O. The normalized spacial score (nSPS) is 26.5. The van der Waals surface area contributed by atoms with E-state index in [2.05, 4.69) is 44.5 Å². The molecule has 0 unspecified atom stereocenters. The number of nitrogens with one attached hydrogen (secondary N) is 1. The van der Waals surface area contributed by atoms with Crippen molar-refractivity contribution >= 4 is 21.9 Å². The van der Waals surface area contributed by atoms with Gasteiger partial charge in [-0.1, -0.05) is 31.7 Å². The first-order valence-electron chi connectivity index (χ1n) is 10.7. The summed E-state index contributed by atoms with van der Waals surface area (Å²) in [6.07, 6.45) is 5.06. The monoisotopic (exact) mass is 461 g/mol. The highest BCUT2D eigenvalue weighted by Gasteiger charge is 2.40. The maximum atomic E-state index is 11.1. The van der Waals surface area contributed by atoms with E-state index in [9.17, 15) is 13.5 Å². The second kappa shape index (κ2) is 8.93. The summed E-state index contributed by atoms with van der Waals surface area (Å²) in [6.45, 7) is 0.693. The Morgan fingerprint density at radius 1 is 1.22 bits per heavy atom. The Balaban J connectivity index is 0.00000245. The van der Waals surface area contributed by atoms with Crippen LogP contribution in [0, 0.1) is 5.92 Å². The zero-order valence-corrected chi connectivity index (χ0v) is 18.0. The summed E-state index contributed by atoms with van der Waals surface area (Å²) in [7, 11) is -4.01. The Morgan fingerprint density at radius 2 is 2.03 bits per heavy atom. The van der Waals surface area contributed by atoms with Gasteiger partial charge in [-0.2, -0.15) is 8.42 Å². The highest BCUT2D eigenvalue weighted by atomic mass is 32.2. The van der Waals surface area contributed by atoms with Crippen LogP contribution in [0.4, 0.5) is 11.6 Å². The Bertz CT molecular complexity index is 1080. The lowest BCUT2D eigenvalue weighted by molar-refractivity contribution is 0.101. The summed E-state index contributed by atoms with van der Waals surface area (Å²) in [4.78, 5) is 11.3. The van der Waals surface area contributed by atoms with Crippen LogP contribution in [0.2, 0.25) is 0 Å². The summed E-state index contributed by atoms with van der Waals surface area (Å²) < 4.78 is 26.9. The van der Waals surface area contributed by atoms with E-state index in [1.54, 1.807) is 6.33 Å². The second-order valence-corrected chi connectivity index (χ2v) is 9.85. The van der Waals surface area contributed by atoms with E-state index in [1.807, 2.05) is 0 Å². The number of hydrogen-bond donors (Lipinski definition) is 3. The predicted octanol–water partition coefficient (Wildman–Crippen LogP) is 1.93. The molecule has 0 spiro atoms. The van der Waals surface area contributed by atoms with Crippen molar-refractivity contribution < 1.29 is 17.7 Å². The number of aliphatic hydroxyl groups excluding tert-OH is 1. The van der Waals surface area contributed by atoms with Crippen molar-refractivity contribution in [3.8, 4) is 0 Å². The lowest BCUT2D eigenvalue weighted by Gasteiger charge is -2.26. The minimum absolute atomic E-state index is 0. The molecule has 5 rings (SSSR count). The molecule has 0 radical (unpaired) electrons. The molecule has 9 nitrogen and oxygen atoms in total. The molecule has 10 heteroatoms. The number of anilines is 2. The molecule has 4 atom stereocenters. The molecule has 0 bridgehead atoms. The maximum absolute atomic E-state index is 11.1. The minimum Gasteiger partial charge on any atom is -0.393 e. The van der Waals surface area contributed by atoms with E-state index in [0.29, 0.717) is 12.8 Å². The summed E-state index contributed by atoms with van der Waals surface area (Å²) in [5.74, 6) is 1.50. The first-order valence-corrected chi connectivity index (χ1v) is 12.2. The van der Waals surface area contributed by atoms with Crippen LogP contribution in [0.1, 0.15) is 49.4 Å². The van der Waals surface area contributed by atoms with Gasteiger partial charge in [0, 0.05) is 24.1 Å². The molecule has 2 aromatic rings. The molecule has 0 saturated heterocycles. The predicted molar refractivity (Wildman–Crippen MR) is 123 cm³/mol. The molecule has 2 heterocycles. The van der Waals surface area contributed by atoms with Crippen LogP contribution in [-0.2, 0) is 27.3 Å². The van der Waals surface area contributed by atoms with Gasteiger partial charge in [0.1, 0.15) is 18.0 Å². The third-order valence-electron chi connectivity index (χ3n) is 6.76. The van der Waals surface area contributed by atoms with Crippen LogP contribution in [-0.4, -0.2) is 48.8 Å². The van der Waals surface area contributed by atoms with E-state index < -0.39 is 16.4 Å². The number of nitrogens with two attached hydrogens (primary N) is 1. The highest BCUT2D eigenvalue weighted by molar-refractivity contribution is 7.84. The smallest absolute Gasteiger partial charge is 0.333 e. The van der Waals surface area contributed by atoms with Gasteiger partial charge in [0.15, 0.2) is 0 Å². The highest BCUT2D eigenvalue weighted by Crippen LogP contribution is 2.40. The molecule has 1 fully saturated rings. The van der Waals surface area contributed by atoms with Gasteiger partial charge in [-0.25, -0.2) is 15.1 Å². The number of fused-ring (bicyclic) bond motifs is 2. The van der Waals surface area contributed by atoms with Crippen LogP contribution < -0.4 is 15.4 Å². The number of aromatic nitrogens is 2. The van der Waals surface area contributed by atoms with Gasteiger partial charge in [0.05, 0.1) is 18.8 Å². The van der Waals surface area contributed by atoms with Gasteiger partial charge in [-0.15, -0.1) is 0 Å². The summed E-state index contributed by atoms with van der Waals surface area (Å²) >= 11 is 0. The zero-order valence-electron chi connectivity index (χ0n) is 17.1. The first kappa shape index (κ1) is 22.9. The van der Waals surface area contributed by atoms with Crippen LogP contribution in [0.5, 0.6) is 0 Å². The molecule has 174 valence electrons. The van der Waals surface area contributed by atoms with Crippen molar-refractivity contribution in [2.24, 2.45) is 11.1 Å². The lowest BCUT2D eigenvalue weighted by atomic mass is 10.1. The standard InChI is InChI=1S/C21H27N5O4S.CH4/c22-31(28,29)30-11-14-9-15(10-19(14)27)26-8-7-17-20(23-12-24-21(17)26)25-18-6-5-13-3-1-2-4-16(13)18;/h1-4,12,14-15,18-19,27H,5-11H2,(H2,22,28,29)(H,23,24,25);1H4/t14-,15+,18-,19-;/m0./s1. The Kier molecular flexibility index (Phi) is 6.39. The van der Waals surface area contributed by atoms with E-state index >= 15 is 0 Å². The molecular weight excluding hydrogens is 430 g/mol. The van der Waals surface area contributed by atoms with Crippen molar-refractivity contribution in [2.45, 2.75) is 57.7 Å². The van der Waals surface area contributed by atoms with E-state index in [1.165, 1.54) is 11.1 Å². The molecule has 3 aliphatic rings. The van der Waals surface area contributed by atoms with Crippen molar-refractivity contribution in [1.29, 1.82) is 0 Å². The molecule has 1 aromatic carbocycles. The Hall–Kier alpha value is -2.27. The molecule has 32 heavy (non-hydrogen) atoms. The van der Waals surface area contributed by atoms with E-state index in [4.69, 9.17) is 9.32 Å². The van der Waals surface area contributed by atoms with Gasteiger partial charge in [-0.05, 0) is 43.2 Å². The van der Waals surface area contributed by atoms with Gasteiger partial charge >= 0.3 is 10.3 Å². The van der Waals surface area contributed by atoms with Gasteiger partial charge < -0.3 is 15.3 Å². The third kappa shape index (κ3) is 4.45. The molecule has 1 aromatic heterocycles. The first-order chi connectivity index (χ1) is 14.9. The number of nitrogens with zero attached hydrogens (tertiary/aromatic N) is 3. The van der Waals surface area contributed by atoms with Crippen molar-refractivity contribution in [3.05, 3.63) is 47.3 Å². The van der Waals surface area contributed by atoms with Crippen LogP contribution in [0.3, 0.4) is 0 Å². The van der Waals surface area contributed by atoms with Crippen LogP contribution in [0.15, 0.2) is 30.6 Å². The average Bonchev–Trinajstić information content (AvgIpc) is 3.43. The third-order valence-corrected chi connectivity index (χ3v) is 7.23. The summed E-state index contributed by atoms with van der Waals surface area (Å²) in [5, 5.41) is 19.0. The summed E-state index contributed by atoms with van der Waals surface area (Å²) in [6, 6.07) is 8.84. The zero-order chi connectivity index (χ0) is 21.6.